The molecule has 0 saturated heterocycles. The molecule has 2 N–H and O–H groups in total. The van der Waals surface area contributed by atoms with Crippen molar-refractivity contribution in [2.24, 2.45) is 4.99 Å². The maximum Gasteiger partial charge on any atom is 0.387 e. The molecule has 2 rings (SSSR count). The van der Waals surface area contributed by atoms with Gasteiger partial charge in [0.15, 0.2) is 17.5 Å². The molecule has 0 aliphatic rings. The van der Waals surface area contributed by atoms with Crippen LogP contribution in [0, 0.1) is 0 Å². The lowest BCUT2D eigenvalue weighted by molar-refractivity contribution is -0.0512. The van der Waals surface area contributed by atoms with Crippen molar-refractivity contribution in [2.45, 2.75) is 19.5 Å². The van der Waals surface area contributed by atoms with Crippen LogP contribution in [0.2, 0.25) is 0 Å². The van der Waals surface area contributed by atoms with Crippen LogP contribution in [0.3, 0.4) is 0 Å². The second-order valence-corrected chi connectivity index (χ2v) is 6.10. The largest absolute Gasteiger partial charge is 0.496 e. The van der Waals surface area contributed by atoms with Crippen molar-refractivity contribution in [1.82, 2.24) is 10.6 Å². The number of rotatable bonds is 10. The van der Waals surface area contributed by atoms with Crippen molar-refractivity contribution in [2.75, 3.05) is 34.4 Å². The number of nitrogens with one attached hydrogen (secondary N) is 2. The van der Waals surface area contributed by atoms with E-state index in [2.05, 4.69) is 20.4 Å². The SMILES string of the molecule is CN=C(NCCc1ccc(OC)c(OC(F)F)c1)NCCc1ccccc1OC. The fraction of sp³-hybridized carbons (Fsp3) is 0.381. The van der Waals surface area contributed by atoms with Crippen molar-refractivity contribution >= 4 is 5.96 Å². The van der Waals surface area contributed by atoms with Gasteiger partial charge in [-0.2, -0.15) is 8.78 Å². The molecule has 8 heteroatoms. The van der Waals surface area contributed by atoms with Gasteiger partial charge in [-0.25, -0.2) is 0 Å². The van der Waals surface area contributed by atoms with Gasteiger partial charge in [-0.05, 0) is 42.2 Å². The maximum atomic E-state index is 12.5. The van der Waals surface area contributed by atoms with Gasteiger partial charge in [-0.15, -0.1) is 0 Å². The van der Waals surface area contributed by atoms with Gasteiger partial charge in [0.05, 0.1) is 14.2 Å². The van der Waals surface area contributed by atoms with Crippen molar-refractivity contribution in [1.29, 1.82) is 0 Å². The molecule has 0 aliphatic carbocycles. The summed E-state index contributed by atoms with van der Waals surface area (Å²) in [6.07, 6.45) is 1.40. The van der Waals surface area contributed by atoms with Crippen LogP contribution in [0.25, 0.3) is 0 Å². The van der Waals surface area contributed by atoms with E-state index in [9.17, 15) is 8.78 Å². The third-order valence-electron chi connectivity index (χ3n) is 4.25. The first kappa shape index (κ1) is 22.3. The van der Waals surface area contributed by atoms with E-state index in [1.54, 1.807) is 26.3 Å². The lowest BCUT2D eigenvalue weighted by Gasteiger charge is -2.14. The number of para-hydroxylation sites is 1. The number of aliphatic imine (C=N–C) groups is 1. The minimum atomic E-state index is -2.90. The normalized spacial score (nSPS) is 11.3. The predicted molar refractivity (Wildman–Crippen MR) is 109 cm³/mol. The van der Waals surface area contributed by atoms with Crippen LogP contribution in [0.5, 0.6) is 17.2 Å². The van der Waals surface area contributed by atoms with Crippen molar-refractivity contribution in [3.8, 4) is 17.2 Å². The molecule has 0 amide bonds. The summed E-state index contributed by atoms with van der Waals surface area (Å²) >= 11 is 0. The molecule has 0 heterocycles. The zero-order chi connectivity index (χ0) is 21.1. The summed E-state index contributed by atoms with van der Waals surface area (Å²) in [4.78, 5) is 4.20. The second kappa shape index (κ2) is 11.7. The standard InChI is InChI=1S/C21H27F2N3O3/c1-24-21(26-13-11-16-6-4-5-7-17(16)27-2)25-12-10-15-8-9-18(28-3)19(14-15)29-20(22)23/h4-9,14,20H,10-13H2,1-3H3,(H2,24,25,26). The summed E-state index contributed by atoms with van der Waals surface area (Å²) in [6.45, 7) is -1.63. The summed E-state index contributed by atoms with van der Waals surface area (Å²) in [5, 5.41) is 6.46. The van der Waals surface area contributed by atoms with E-state index in [1.165, 1.54) is 7.11 Å². The average Bonchev–Trinajstić information content (AvgIpc) is 2.72. The minimum absolute atomic E-state index is 0.0271. The van der Waals surface area contributed by atoms with Gasteiger partial charge in [-0.3, -0.25) is 4.99 Å². The fourth-order valence-corrected chi connectivity index (χ4v) is 2.84. The summed E-state index contributed by atoms with van der Waals surface area (Å²) in [5.74, 6) is 1.83. The lowest BCUT2D eigenvalue weighted by Crippen LogP contribution is -2.39. The molecule has 0 radical (unpaired) electrons. The van der Waals surface area contributed by atoms with Gasteiger partial charge in [0.1, 0.15) is 5.75 Å². The van der Waals surface area contributed by atoms with E-state index >= 15 is 0 Å². The van der Waals surface area contributed by atoms with Gasteiger partial charge in [0.25, 0.3) is 0 Å². The number of methoxy groups -OCH3 is 2. The van der Waals surface area contributed by atoms with Gasteiger partial charge < -0.3 is 24.8 Å². The molecule has 0 bridgehead atoms. The third-order valence-corrected chi connectivity index (χ3v) is 4.25. The maximum absolute atomic E-state index is 12.5. The molecule has 0 aromatic heterocycles. The highest BCUT2D eigenvalue weighted by Gasteiger charge is 2.11. The summed E-state index contributed by atoms with van der Waals surface area (Å²) in [5.41, 5.74) is 1.96. The molecule has 0 saturated carbocycles. The molecule has 6 nitrogen and oxygen atoms in total. The summed E-state index contributed by atoms with van der Waals surface area (Å²) < 4.78 is 40.0. The quantitative estimate of drug-likeness (QED) is 0.468. The molecule has 29 heavy (non-hydrogen) atoms. The number of ether oxygens (including phenoxy) is 3. The summed E-state index contributed by atoms with van der Waals surface area (Å²) in [6, 6.07) is 12.9. The Kier molecular flexibility index (Phi) is 9.01. The average molecular weight is 407 g/mol. The Bertz CT molecular complexity index is 800. The van der Waals surface area contributed by atoms with Crippen LogP contribution >= 0.6 is 0 Å². The highest BCUT2D eigenvalue weighted by atomic mass is 19.3. The third kappa shape index (κ3) is 7.14. The Labute approximate surface area is 169 Å². The Morgan fingerprint density at radius 2 is 1.62 bits per heavy atom. The predicted octanol–water partition coefficient (Wildman–Crippen LogP) is 3.26. The van der Waals surface area contributed by atoms with Gasteiger partial charge in [-0.1, -0.05) is 24.3 Å². The fourth-order valence-electron chi connectivity index (χ4n) is 2.84. The topological polar surface area (TPSA) is 64.1 Å². The molecule has 158 valence electrons. The molecule has 0 atom stereocenters. The number of hydrogen-bond acceptors (Lipinski definition) is 4. The number of benzene rings is 2. The molecule has 2 aromatic carbocycles. The first-order chi connectivity index (χ1) is 14.1. The van der Waals surface area contributed by atoms with Crippen LogP contribution in [0.1, 0.15) is 11.1 Å². The summed E-state index contributed by atoms with van der Waals surface area (Å²) in [7, 11) is 4.76. The van der Waals surface area contributed by atoms with Gasteiger partial charge >= 0.3 is 6.61 Å². The number of hydrogen-bond donors (Lipinski definition) is 2. The molecular weight excluding hydrogens is 380 g/mol. The van der Waals surface area contributed by atoms with Gasteiger partial charge in [0.2, 0.25) is 0 Å². The molecule has 0 fully saturated rings. The zero-order valence-electron chi connectivity index (χ0n) is 16.9. The Morgan fingerprint density at radius 3 is 2.28 bits per heavy atom. The van der Waals surface area contributed by atoms with E-state index in [1.807, 2.05) is 30.3 Å². The Balaban J connectivity index is 1.82. The van der Waals surface area contributed by atoms with Crippen LogP contribution in [-0.4, -0.2) is 46.9 Å². The smallest absolute Gasteiger partial charge is 0.387 e. The highest BCUT2D eigenvalue weighted by Crippen LogP contribution is 2.29. The number of halogens is 2. The van der Waals surface area contributed by atoms with Crippen molar-refractivity contribution in [3.05, 3.63) is 53.6 Å². The number of alkyl halides is 2. The molecule has 0 aliphatic heterocycles. The first-order valence-electron chi connectivity index (χ1n) is 9.25. The second-order valence-electron chi connectivity index (χ2n) is 6.10. The van der Waals surface area contributed by atoms with Gasteiger partial charge in [0, 0.05) is 20.1 Å². The van der Waals surface area contributed by atoms with Crippen LogP contribution in [0.15, 0.2) is 47.5 Å². The van der Waals surface area contributed by atoms with Crippen LogP contribution in [0.4, 0.5) is 8.78 Å². The van der Waals surface area contributed by atoms with E-state index < -0.39 is 6.61 Å². The molecular formula is C21H27F2N3O3. The van der Waals surface area contributed by atoms with E-state index in [-0.39, 0.29) is 11.5 Å². The monoisotopic (exact) mass is 407 g/mol. The van der Waals surface area contributed by atoms with Crippen molar-refractivity contribution < 1.29 is 23.0 Å². The molecule has 0 unspecified atom stereocenters. The first-order valence-corrected chi connectivity index (χ1v) is 9.25. The Hall–Kier alpha value is -3.03. The van der Waals surface area contributed by atoms with Crippen molar-refractivity contribution in [3.63, 3.8) is 0 Å². The molecule has 2 aromatic rings. The number of nitrogens with zero attached hydrogens (tertiary/aromatic N) is 1. The van der Waals surface area contributed by atoms with Crippen LogP contribution < -0.4 is 24.8 Å². The van der Waals surface area contributed by atoms with E-state index in [0.717, 1.165) is 23.3 Å². The van der Waals surface area contributed by atoms with Crippen LogP contribution in [-0.2, 0) is 12.8 Å². The van der Waals surface area contributed by atoms with E-state index in [0.29, 0.717) is 25.5 Å². The minimum Gasteiger partial charge on any atom is -0.496 e. The number of guanidine groups is 1. The zero-order valence-corrected chi connectivity index (χ0v) is 16.9. The lowest BCUT2D eigenvalue weighted by atomic mass is 10.1. The van der Waals surface area contributed by atoms with E-state index in [4.69, 9.17) is 9.47 Å². The highest BCUT2D eigenvalue weighted by molar-refractivity contribution is 5.79. The Morgan fingerprint density at radius 1 is 0.931 bits per heavy atom. The molecule has 0 spiro atoms.